The molecule has 9 aromatic rings. The Labute approximate surface area is 412 Å². The second kappa shape index (κ2) is 23.3. The van der Waals surface area contributed by atoms with E-state index < -0.39 is 7.60 Å². The normalized spacial score (nSPS) is 10.9. The molecule has 12 nitrogen and oxygen atoms in total. The summed E-state index contributed by atoms with van der Waals surface area (Å²) in [5, 5.41) is 10.1. The van der Waals surface area contributed by atoms with Gasteiger partial charge in [0.15, 0.2) is 0 Å². The van der Waals surface area contributed by atoms with Crippen LogP contribution in [0, 0.1) is 41.5 Å². The van der Waals surface area contributed by atoms with Gasteiger partial charge in [0.25, 0.3) is 0 Å². The highest BCUT2D eigenvalue weighted by atomic mass is 79.9. The average Bonchev–Trinajstić information content (AvgIpc) is 3.30. The number of rotatable bonds is 8. The van der Waals surface area contributed by atoms with Gasteiger partial charge in [0.05, 0.1) is 21.9 Å². The largest absolute Gasteiger partial charge is 0.365 e. The van der Waals surface area contributed by atoms with Gasteiger partial charge in [0.1, 0.15) is 35.8 Å². The van der Waals surface area contributed by atoms with E-state index in [1.54, 1.807) is 18.5 Å². The van der Waals surface area contributed by atoms with Gasteiger partial charge in [0, 0.05) is 44.7 Å². The van der Waals surface area contributed by atoms with Crippen molar-refractivity contribution in [3.05, 3.63) is 192 Å². The third-order valence-electron chi connectivity index (χ3n) is 11.0. The molecule has 0 radical (unpaired) electrons. The Hall–Kier alpha value is -5.70. The number of halogens is 3. The lowest BCUT2D eigenvalue weighted by Crippen LogP contribution is -2.06. The molecule has 6 aromatic carbocycles. The van der Waals surface area contributed by atoms with Gasteiger partial charge < -0.3 is 26.2 Å². The monoisotopic (exact) mass is 1060 g/mol. The molecule has 6 N–H and O–H groups in total. The number of aromatic nitrogens is 6. The molecule has 0 amide bonds. The smallest absolute Gasteiger partial charge is 0.356 e. The highest BCUT2D eigenvalue weighted by Crippen LogP contribution is 2.33. The lowest BCUT2D eigenvalue weighted by molar-refractivity contribution is 0.387. The summed E-state index contributed by atoms with van der Waals surface area (Å²) in [4.78, 5) is 43.7. The van der Waals surface area contributed by atoms with Crippen LogP contribution < -0.4 is 21.7 Å². The van der Waals surface area contributed by atoms with Crippen LogP contribution in [0.15, 0.2) is 137 Å². The molecular formula is C51H51Br2ClN9O3P. The van der Waals surface area contributed by atoms with Crippen molar-refractivity contribution in [1.82, 2.24) is 29.9 Å². The van der Waals surface area contributed by atoms with Gasteiger partial charge in [-0.25, -0.2) is 29.9 Å². The second-order valence-electron chi connectivity index (χ2n) is 15.8. The quantitative estimate of drug-likeness (QED) is 0.0718. The highest BCUT2D eigenvalue weighted by Gasteiger charge is 2.16. The zero-order chi connectivity index (χ0) is 48.3. The van der Waals surface area contributed by atoms with Crippen LogP contribution in [-0.4, -0.2) is 39.7 Å². The van der Waals surface area contributed by atoms with Crippen molar-refractivity contribution in [2.75, 3.05) is 10.6 Å². The van der Waals surface area contributed by atoms with E-state index in [-0.39, 0.29) is 5.30 Å². The van der Waals surface area contributed by atoms with Crippen LogP contribution in [-0.2, 0) is 24.2 Å². The topological polar surface area (TPSA) is 185 Å². The molecular weight excluding hydrogens is 1010 g/mol. The van der Waals surface area contributed by atoms with Crippen LogP contribution in [0.3, 0.4) is 0 Å². The van der Waals surface area contributed by atoms with Gasteiger partial charge in [-0.05, 0) is 164 Å². The molecule has 16 heteroatoms. The van der Waals surface area contributed by atoms with Crippen molar-refractivity contribution in [3.63, 3.8) is 0 Å². The summed E-state index contributed by atoms with van der Waals surface area (Å²) in [6.07, 6.45) is 4.62. The van der Waals surface area contributed by atoms with Crippen molar-refractivity contribution in [2.24, 2.45) is 5.73 Å². The first-order valence-electron chi connectivity index (χ1n) is 21.1. The number of nitrogens with one attached hydrogen (secondary N) is 2. The number of aryl methyl sites for hydroxylation is 6. The molecule has 0 atom stereocenters. The molecule has 344 valence electrons. The van der Waals surface area contributed by atoms with Crippen LogP contribution in [0.4, 0.5) is 11.6 Å². The molecule has 0 spiro atoms. The van der Waals surface area contributed by atoms with E-state index in [0.29, 0.717) is 18.2 Å². The Balaban J connectivity index is 0.000000156. The zero-order valence-electron chi connectivity index (χ0n) is 37.9. The summed E-state index contributed by atoms with van der Waals surface area (Å²) in [7, 11) is -4.20. The third-order valence-corrected chi connectivity index (χ3v) is 13.3. The van der Waals surface area contributed by atoms with Crippen LogP contribution in [0.25, 0.3) is 32.7 Å². The predicted octanol–water partition coefficient (Wildman–Crippen LogP) is 12.1. The Kier molecular flexibility index (Phi) is 17.7. The van der Waals surface area contributed by atoms with Crippen molar-refractivity contribution in [1.29, 1.82) is 0 Å². The highest BCUT2D eigenvalue weighted by molar-refractivity contribution is 9.10. The minimum Gasteiger partial charge on any atom is -0.365 e. The minimum atomic E-state index is -4.20. The van der Waals surface area contributed by atoms with Gasteiger partial charge >= 0.3 is 7.60 Å². The third kappa shape index (κ3) is 14.2. The van der Waals surface area contributed by atoms with Crippen molar-refractivity contribution in [3.8, 4) is 0 Å². The predicted molar refractivity (Wildman–Crippen MR) is 281 cm³/mol. The first-order chi connectivity index (χ1) is 32.0. The van der Waals surface area contributed by atoms with E-state index in [1.807, 2.05) is 68.4 Å². The molecule has 0 saturated heterocycles. The van der Waals surface area contributed by atoms with E-state index in [2.05, 4.69) is 130 Å². The lowest BCUT2D eigenvalue weighted by Gasteiger charge is -2.11. The van der Waals surface area contributed by atoms with Gasteiger partial charge in [-0.2, -0.15) is 0 Å². The van der Waals surface area contributed by atoms with Gasteiger partial charge in [-0.15, -0.1) is 0 Å². The van der Waals surface area contributed by atoms with Crippen LogP contribution in [0.5, 0.6) is 0 Å². The Bertz CT molecular complexity index is 3180. The van der Waals surface area contributed by atoms with Crippen LogP contribution >= 0.6 is 51.1 Å². The molecule has 0 aliphatic carbocycles. The standard InChI is InChI=1S/C17H16BrN3.C17H18N3O3P.C10H9ClN2.C7H8BrN/c1-11-7-15-16(8-12(11)2)20-10-21-17(15)19-9-13-3-5-14(18)6-4-13;1-11-7-15-16(8-12(11)2)19-10-20-17(15)18-9-13-3-5-14(6-4-13)24(21,22)23;1-6-3-8-9(4-7(6)2)12-5-13-10(8)11;8-7-3-1-6(5-9)2-4-7/h3-8,10H,9H2,1-2H3,(H,19,20,21);3-8,10H,9H2,1-2H3,(H,18,19,20)(H2,21,22,23);3-5H,1-2H3;1-4H,5,9H2. The first-order valence-corrected chi connectivity index (χ1v) is 24.7. The summed E-state index contributed by atoms with van der Waals surface area (Å²) in [5.74, 6) is 1.62. The maximum absolute atomic E-state index is 11.2. The van der Waals surface area contributed by atoms with Gasteiger partial charge in [-0.1, -0.05) is 79.9 Å². The molecule has 9 rings (SSSR count). The summed E-state index contributed by atoms with van der Waals surface area (Å²) in [5.41, 5.74) is 18.7. The Morgan fingerprint density at radius 2 is 0.851 bits per heavy atom. The molecule has 3 aromatic heterocycles. The number of nitrogens with zero attached hydrogens (tertiary/aromatic N) is 6. The maximum atomic E-state index is 11.2. The van der Waals surface area contributed by atoms with E-state index in [0.717, 1.165) is 65.4 Å². The van der Waals surface area contributed by atoms with E-state index >= 15 is 0 Å². The van der Waals surface area contributed by atoms with Crippen molar-refractivity contribution < 1.29 is 14.4 Å². The molecule has 0 aliphatic rings. The van der Waals surface area contributed by atoms with Crippen molar-refractivity contribution in [2.45, 2.75) is 61.2 Å². The number of hydrogen-bond donors (Lipinski definition) is 5. The fourth-order valence-corrected chi connectivity index (χ4v) is 7.86. The maximum Gasteiger partial charge on any atom is 0.356 e. The summed E-state index contributed by atoms with van der Waals surface area (Å²) in [6.45, 7) is 14.3. The number of anilines is 2. The van der Waals surface area contributed by atoms with Crippen LogP contribution in [0.2, 0.25) is 5.15 Å². The number of benzene rings is 6. The fourth-order valence-electron chi connectivity index (χ4n) is 6.60. The first kappa shape index (κ1) is 50.7. The molecule has 3 heterocycles. The molecule has 0 saturated carbocycles. The average molecular weight is 1060 g/mol. The molecule has 0 unspecified atom stereocenters. The molecule has 0 fully saturated rings. The molecule has 0 aliphatic heterocycles. The van der Waals surface area contributed by atoms with Crippen molar-refractivity contribution >= 4 is 101 Å². The lowest BCUT2D eigenvalue weighted by atomic mass is 10.1. The van der Waals surface area contributed by atoms with E-state index in [9.17, 15) is 4.57 Å². The molecule has 0 bridgehead atoms. The second-order valence-corrected chi connectivity index (χ2v) is 19.6. The molecule has 67 heavy (non-hydrogen) atoms. The summed E-state index contributed by atoms with van der Waals surface area (Å²) >= 11 is 12.7. The minimum absolute atomic E-state index is 0.0184. The SMILES string of the molecule is Cc1cc2ncnc(Cl)c2cc1C.Cc1cc2ncnc(NCc3ccc(Br)cc3)c2cc1C.Cc1cc2ncnc(NCc3ccc(P(=O)(O)O)cc3)c2cc1C.NCc1ccc(Br)cc1. The summed E-state index contributed by atoms with van der Waals surface area (Å²) in [6, 6.07) is 34.9. The van der Waals surface area contributed by atoms with E-state index in [1.165, 1.54) is 69.3 Å². The Morgan fingerprint density at radius 3 is 1.25 bits per heavy atom. The number of hydrogen-bond acceptors (Lipinski definition) is 10. The van der Waals surface area contributed by atoms with E-state index in [4.69, 9.17) is 27.1 Å². The number of nitrogens with two attached hydrogens (primary N) is 1. The summed E-state index contributed by atoms with van der Waals surface area (Å²) < 4.78 is 13.4. The van der Waals surface area contributed by atoms with Crippen LogP contribution in [0.1, 0.15) is 50.1 Å². The zero-order valence-corrected chi connectivity index (χ0v) is 42.7. The fraction of sp³-hybridized carbons (Fsp3) is 0.176. The van der Waals surface area contributed by atoms with Gasteiger partial charge in [-0.3, -0.25) is 4.57 Å². The number of fused-ring (bicyclic) bond motifs is 3. The Morgan fingerprint density at radius 1 is 0.507 bits per heavy atom. The van der Waals surface area contributed by atoms with Gasteiger partial charge in [0.2, 0.25) is 0 Å².